The summed E-state index contributed by atoms with van der Waals surface area (Å²) in [5.74, 6) is -8.34. The molecule has 100 valence electrons. The highest BCUT2D eigenvalue weighted by Crippen LogP contribution is 2.42. The number of carbonyl (C=O) groups is 1. The fraction of sp³-hybridized carbons (Fsp3) is 0.909. The van der Waals surface area contributed by atoms with Gasteiger partial charge in [0.25, 0.3) is 0 Å². The van der Waals surface area contributed by atoms with E-state index >= 15 is 0 Å². The van der Waals surface area contributed by atoms with Gasteiger partial charge in [0.1, 0.15) is 0 Å². The van der Waals surface area contributed by atoms with Crippen LogP contribution >= 0.6 is 0 Å². The summed E-state index contributed by atoms with van der Waals surface area (Å²) < 4.78 is 62.0. The van der Waals surface area contributed by atoms with E-state index in [2.05, 4.69) is 0 Å². The van der Waals surface area contributed by atoms with Gasteiger partial charge < -0.3 is 0 Å². The van der Waals surface area contributed by atoms with Crippen molar-refractivity contribution in [3.05, 3.63) is 0 Å². The second-order valence-electron chi connectivity index (χ2n) is 5.05. The zero-order valence-electron chi connectivity index (χ0n) is 9.65. The molecule has 0 aromatic heterocycles. The third-order valence-electron chi connectivity index (χ3n) is 3.21. The van der Waals surface area contributed by atoms with E-state index in [9.17, 15) is 26.7 Å². The Morgan fingerprint density at radius 1 is 0.941 bits per heavy atom. The van der Waals surface area contributed by atoms with Gasteiger partial charge in [0.05, 0.1) is 0 Å². The topological polar surface area (TPSA) is 17.1 Å². The van der Waals surface area contributed by atoms with Gasteiger partial charge in [-0.05, 0) is 31.1 Å². The molecule has 0 aliphatic heterocycles. The number of rotatable bonds is 2. The van der Waals surface area contributed by atoms with Gasteiger partial charge >= 0.3 is 12.1 Å². The maximum Gasteiger partial charge on any atom is 0.461 e. The van der Waals surface area contributed by atoms with Crippen LogP contribution in [0, 0.1) is 17.8 Å². The Kier molecular flexibility index (Phi) is 3.84. The number of ketones is 1. The average molecular weight is 258 g/mol. The molecule has 0 N–H and O–H groups in total. The predicted octanol–water partition coefficient (Wildman–Crippen LogP) is 3.83. The molecule has 1 aliphatic rings. The third kappa shape index (κ3) is 2.96. The summed E-state index contributed by atoms with van der Waals surface area (Å²) in [6.07, 6.45) is -4.78. The molecule has 0 aromatic carbocycles. The van der Waals surface area contributed by atoms with E-state index in [4.69, 9.17) is 0 Å². The van der Waals surface area contributed by atoms with Gasteiger partial charge in [-0.25, -0.2) is 0 Å². The summed E-state index contributed by atoms with van der Waals surface area (Å²) in [4.78, 5) is 11.3. The summed E-state index contributed by atoms with van der Waals surface area (Å²) in [7, 11) is 0. The van der Waals surface area contributed by atoms with Crippen LogP contribution in [0.5, 0.6) is 0 Å². The minimum atomic E-state index is -5.78. The minimum absolute atomic E-state index is 0.0109. The number of halogens is 5. The first-order valence-electron chi connectivity index (χ1n) is 5.54. The number of hydrogen-bond acceptors (Lipinski definition) is 1. The highest BCUT2D eigenvalue weighted by atomic mass is 19.4. The van der Waals surface area contributed by atoms with Crippen molar-refractivity contribution in [2.75, 3.05) is 0 Å². The first-order chi connectivity index (χ1) is 7.55. The van der Waals surface area contributed by atoms with E-state index in [0.717, 1.165) is 6.42 Å². The van der Waals surface area contributed by atoms with E-state index in [1.54, 1.807) is 13.8 Å². The molecule has 1 rings (SSSR count). The van der Waals surface area contributed by atoms with Crippen LogP contribution in [0.25, 0.3) is 0 Å². The van der Waals surface area contributed by atoms with Crippen LogP contribution in [0.1, 0.15) is 33.1 Å². The maximum absolute atomic E-state index is 12.9. The summed E-state index contributed by atoms with van der Waals surface area (Å²) in [6.45, 7) is 3.53. The monoisotopic (exact) mass is 258 g/mol. The fourth-order valence-corrected chi connectivity index (χ4v) is 2.56. The standard InChI is InChI=1S/C11H15F5O/c1-6-3-7(2)5-8(4-6)9(17)10(12,13)11(14,15)16/h6-8H,3-5H2,1-2H3. The molecule has 0 saturated heterocycles. The van der Waals surface area contributed by atoms with Gasteiger partial charge in [-0.3, -0.25) is 4.79 Å². The predicted molar refractivity (Wildman–Crippen MR) is 51.7 cm³/mol. The Morgan fingerprint density at radius 2 is 1.35 bits per heavy atom. The molecule has 2 atom stereocenters. The lowest BCUT2D eigenvalue weighted by Crippen LogP contribution is -2.48. The van der Waals surface area contributed by atoms with Crippen LogP contribution in [0.15, 0.2) is 0 Å². The van der Waals surface area contributed by atoms with Crippen LogP contribution in [-0.4, -0.2) is 17.9 Å². The van der Waals surface area contributed by atoms with Crippen molar-refractivity contribution in [2.24, 2.45) is 17.8 Å². The molecule has 0 radical (unpaired) electrons. The molecule has 1 aliphatic carbocycles. The van der Waals surface area contributed by atoms with Crippen molar-refractivity contribution in [1.29, 1.82) is 0 Å². The van der Waals surface area contributed by atoms with Gasteiger partial charge in [-0.2, -0.15) is 22.0 Å². The molecule has 0 spiro atoms. The lowest BCUT2D eigenvalue weighted by atomic mass is 9.74. The Hall–Kier alpha value is -0.680. The Bertz CT molecular complexity index is 287. The molecule has 1 fully saturated rings. The molecule has 0 amide bonds. The Morgan fingerprint density at radius 3 is 1.71 bits per heavy atom. The van der Waals surface area contributed by atoms with Gasteiger partial charge in [0, 0.05) is 5.92 Å². The fourth-order valence-electron chi connectivity index (χ4n) is 2.56. The highest BCUT2D eigenvalue weighted by Gasteiger charge is 2.64. The Labute approximate surface area is 96.4 Å². The SMILES string of the molecule is CC1CC(C)CC(C(=O)C(F)(F)C(F)(F)F)C1. The van der Waals surface area contributed by atoms with Gasteiger partial charge in [-0.1, -0.05) is 13.8 Å². The normalized spacial score (nSPS) is 31.4. The minimum Gasteiger partial charge on any atom is -0.292 e. The van der Waals surface area contributed by atoms with Crippen LogP contribution < -0.4 is 0 Å². The smallest absolute Gasteiger partial charge is 0.292 e. The van der Waals surface area contributed by atoms with E-state index in [0.29, 0.717) is 0 Å². The average Bonchev–Trinajstić information content (AvgIpc) is 2.13. The lowest BCUT2D eigenvalue weighted by molar-refractivity contribution is -0.271. The van der Waals surface area contributed by atoms with E-state index in [1.165, 1.54) is 0 Å². The maximum atomic E-state index is 12.9. The lowest BCUT2D eigenvalue weighted by Gasteiger charge is -2.32. The van der Waals surface area contributed by atoms with Gasteiger partial charge in [0.2, 0.25) is 5.78 Å². The zero-order valence-corrected chi connectivity index (χ0v) is 9.65. The summed E-state index contributed by atoms with van der Waals surface area (Å²) in [5, 5.41) is 0. The molecule has 0 aromatic rings. The van der Waals surface area contributed by atoms with Crippen LogP contribution in [0.2, 0.25) is 0 Å². The molecular weight excluding hydrogens is 243 g/mol. The van der Waals surface area contributed by atoms with Crippen molar-refractivity contribution in [3.63, 3.8) is 0 Å². The van der Waals surface area contributed by atoms with Crippen molar-refractivity contribution < 1.29 is 26.7 Å². The molecule has 0 heterocycles. The van der Waals surface area contributed by atoms with E-state index in [1.807, 2.05) is 0 Å². The largest absolute Gasteiger partial charge is 0.461 e. The van der Waals surface area contributed by atoms with E-state index in [-0.39, 0.29) is 24.7 Å². The zero-order chi connectivity index (χ0) is 13.4. The summed E-state index contributed by atoms with van der Waals surface area (Å²) >= 11 is 0. The highest BCUT2D eigenvalue weighted by molar-refractivity contribution is 5.88. The summed E-state index contributed by atoms with van der Waals surface area (Å²) in [5.41, 5.74) is 0. The number of alkyl halides is 5. The van der Waals surface area contributed by atoms with Crippen molar-refractivity contribution in [2.45, 2.75) is 45.2 Å². The molecule has 1 nitrogen and oxygen atoms in total. The number of carbonyl (C=O) groups excluding carboxylic acids is 1. The number of Topliss-reactive ketones (excluding diaryl/α,β-unsaturated/α-hetero) is 1. The second kappa shape index (κ2) is 4.53. The molecule has 2 unspecified atom stereocenters. The molecule has 17 heavy (non-hydrogen) atoms. The molecular formula is C11H15F5O. The first-order valence-corrected chi connectivity index (χ1v) is 5.54. The van der Waals surface area contributed by atoms with Crippen molar-refractivity contribution >= 4 is 5.78 Å². The van der Waals surface area contributed by atoms with Crippen LogP contribution in [0.3, 0.4) is 0 Å². The molecule has 0 bridgehead atoms. The third-order valence-corrected chi connectivity index (χ3v) is 3.21. The quantitative estimate of drug-likeness (QED) is 0.688. The van der Waals surface area contributed by atoms with Gasteiger partial charge in [-0.15, -0.1) is 0 Å². The van der Waals surface area contributed by atoms with E-state index < -0.39 is 23.8 Å². The van der Waals surface area contributed by atoms with Crippen molar-refractivity contribution in [1.82, 2.24) is 0 Å². The first kappa shape index (κ1) is 14.4. The molecule has 1 saturated carbocycles. The molecule has 6 heteroatoms. The Balaban J connectivity index is 2.83. The van der Waals surface area contributed by atoms with Crippen molar-refractivity contribution in [3.8, 4) is 0 Å². The van der Waals surface area contributed by atoms with Gasteiger partial charge in [0.15, 0.2) is 0 Å². The second-order valence-corrected chi connectivity index (χ2v) is 5.05. The van der Waals surface area contributed by atoms with Crippen LogP contribution in [-0.2, 0) is 4.79 Å². The summed E-state index contributed by atoms with van der Waals surface area (Å²) in [6, 6.07) is 0. The number of hydrogen-bond donors (Lipinski definition) is 0. The van der Waals surface area contributed by atoms with Crippen LogP contribution in [0.4, 0.5) is 22.0 Å².